The molecule has 2 aromatic heterocycles. The molecule has 5 aromatic rings. The van der Waals surface area contributed by atoms with E-state index in [2.05, 4.69) is 20.3 Å². The number of carbonyl (C=O) groups is 2. The second-order valence-electron chi connectivity index (χ2n) is 7.91. The smallest absolute Gasteiger partial charge is 0.482 e. The van der Waals surface area contributed by atoms with E-state index < -0.39 is 18.1 Å². The second kappa shape index (κ2) is 11.5. The van der Waals surface area contributed by atoms with Gasteiger partial charge >= 0.3 is 18.1 Å². The van der Waals surface area contributed by atoms with Gasteiger partial charge in [0.2, 0.25) is 0 Å². The molecule has 2 heterocycles. The standard InChI is InChI=1S/C24H19N5O3.C2HF3O2/c1-31-22(30)14-32-18-6-4-5-15(12-18)23-27-21-8-3-2-7-19(21)24(28-23)26-17-9-10-20-16(11-17)13-25-29-20;3-2(4,5)1(6)7/h2-13H,14H2,1H3,(H,25,29)(H,26,27,28);(H,6,7). The fourth-order valence-electron chi connectivity index (χ4n) is 3.38. The van der Waals surface area contributed by atoms with Crippen LogP contribution in [0, 0.1) is 0 Å². The summed E-state index contributed by atoms with van der Waals surface area (Å²) >= 11 is 0. The predicted molar refractivity (Wildman–Crippen MR) is 136 cm³/mol. The van der Waals surface area contributed by atoms with Crippen molar-refractivity contribution in [3.05, 3.63) is 72.9 Å². The highest BCUT2D eigenvalue weighted by Gasteiger charge is 2.38. The number of esters is 1. The molecule has 0 fully saturated rings. The highest BCUT2D eigenvalue weighted by Crippen LogP contribution is 2.29. The quantitative estimate of drug-likeness (QED) is 0.251. The van der Waals surface area contributed by atoms with Gasteiger partial charge in [-0.3, -0.25) is 5.10 Å². The van der Waals surface area contributed by atoms with Crippen LogP contribution in [0.3, 0.4) is 0 Å². The fraction of sp³-hybridized carbons (Fsp3) is 0.115. The summed E-state index contributed by atoms with van der Waals surface area (Å²) in [6.45, 7) is -0.165. The summed E-state index contributed by atoms with van der Waals surface area (Å²) < 4.78 is 41.9. The highest BCUT2D eigenvalue weighted by atomic mass is 19.4. The summed E-state index contributed by atoms with van der Waals surface area (Å²) in [5, 5.41) is 19.5. The van der Waals surface area contributed by atoms with E-state index in [1.807, 2.05) is 54.6 Å². The van der Waals surface area contributed by atoms with Crippen LogP contribution in [-0.4, -0.2) is 57.1 Å². The van der Waals surface area contributed by atoms with Gasteiger partial charge in [-0.1, -0.05) is 24.3 Å². The Morgan fingerprint density at radius 2 is 1.79 bits per heavy atom. The van der Waals surface area contributed by atoms with E-state index in [1.165, 1.54) is 7.11 Å². The highest BCUT2D eigenvalue weighted by molar-refractivity contribution is 5.93. The molecular formula is C26H20F3N5O5. The Labute approximate surface area is 218 Å². The van der Waals surface area contributed by atoms with E-state index in [0.29, 0.717) is 17.4 Å². The van der Waals surface area contributed by atoms with Gasteiger partial charge < -0.3 is 19.9 Å². The van der Waals surface area contributed by atoms with Crippen molar-refractivity contribution < 1.29 is 37.3 Å². The number of aliphatic carboxylic acids is 1. The summed E-state index contributed by atoms with van der Waals surface area (Å²) in [5.41, 5.74) is 3.44. The number of nitrogens with zero attached hydrogens (tertiary/aromatic N) is 3. The van der Waals surface area contributed by atoms with Crippen molar-refractivity contribution in [1.82, 2.24) is 20.2 Å². The van der Waals surface area contributed by atoms with Gasteiger partial charge in [-0.25, -0.2) is 19.6 Å². The number of carboxylic acids is 1. The van der Waals surface area contributed by atoms with E-state index in [0.717, 1.165) is 33.1 Å². The molecule has 0 aliphatic heterocycles. The lowest BCUT2D eigenvalue weighted by molar-refractivity contribution is -0.192. The maximum Gasteiger partial charge on any atom is 0.490 e. The third-order valence-electron chi connectivity index (χ3n) is 5.23. The Bertz CT molecular complexity index is 1640. The molecule has 13 heteroatoms. The molecule has 10 nitrogen and oxygen atoms in total. The number of halogens is 3. The lowest BCUT2D eigenvalue weighted by atomic mass is 10.1. The summed E-state index contributed by atoms with van der Waals surface area (Å²) in [7, 11) is 1.32. The Morgan fingerprint density at radius 1 is 1.03 bits per heavy atom. The van der Waals surface area contributed by atoms with Gasteiger partial charge in [-0.15, -0.1) is 0 Å². The maximum absolute atomic E-state index is 11.4. The van der Waals surface area contributed by atoms with Crippen molar-refractivity contribution >= 4 is 45.2 Å². The van der Waals surface area contributed by atoms with Crippen molar-refractivity contribution in [2.45, 2.75) is 6.18 Å². The lowest BCUT2D eigenvalue weighted by Crippen LogP contribution is -2.21. The summed E-state index contributed by atoms with van der Waals surface area (Å²) in [6.07, 6.45) is -3.30. The Balaban J connectivity index is 0.000000448. The number of aromatic amines is 1. The molecule has 0 bridgehead atoms. The number of rotatable bonds is 6. The Morgan fingerprint density at radius 3 is 2.54 bits per heavy atom. The zero-order valence-corrected chi connectivity index (χ0v) is 20.2. The van der Waals surface area contributed by atoms with Crippen molar-refractivity contribution in [1.29, 1.82) is 0 Å². The number of aromatic nitrogens is 4. The Kier molecular flexibility index (Phi) is 7.89. The lowest BCUT2D eigenvalue weighted by Gasteiger charge is -2.12. The third kappa shape index (κ3) is 6.77. The number of H-pyrrole nitrogens is 1. The largest absolute Gasteiger partial charge is 0.490 e. The molecular weight excluding hydrogens is 519 g/mol. The van der Waals surface area contributed by atoms with Gasteiger partial charge in [0.15, 0.2) is 12.4 Å². The predicted octanol–water partition coefficient (Wildman–Crippen LogP) is 5.10. The number of nitrogens with one attached hydrogen (secondary N) is 2. The van der Waals surface area contributed by atoms with E-state index in [-0.39, 0.29) is 6.61 Å². The van der Waals surface area contributed by atoms with E-state index in [1.54, 1.807) is 18.3 Å². The van der Waals surface area contributed by atoms with Crippen LogP contribution in [0.15, 0.2) is 72.9 Å². The molecule has 0 saturated heterocycles. The molecule has 0 aliphatic carbocycles. The topological polar surface area (TPSA) is 139 Å². The molecule has 3 aromatic carbocycles. The minimum absolute atomic E-state index is 0.165. The number of benzene rings is 3. The molecule has 0 spiro atoms. The fourth-order valence-corrected chi connectivity index (χ4v) is 3.38. The normalized spacial score (nSPS) is 11.0. The number of carboxylic acid groups (broad SMARTS) is 1. The first-order valence-electron chi connectivity index (χ1n) is 11.2. The minimum atomic E-state index is -5.08. The first-order chi connectivity index (χ1) is 18.6. The zero-order chi connectivity index (χ0) is 28.0. The van der Waals surface area contributed by atoms with Crippen molar-refractivity contribution in [2.75, 3.05) is 19.0 Å². The number of hydrogen-bond acceptors (Lipinski definition) is 8. The van der Waals surface area contributed by atoms with Crippen molar-refractivity contribution in [3.8, 4) is 17.1 Å². The molecule has 0 unspecified atom stereocenters. The average Bonchev–Trinajstić information content (AvgIpc) is 3.39. The summed E-state index contributed by atoms with van der Waals surface area (Å²) in [5.74, 6) is -1.44. The third-order valence-corrected chi connectivity index (χ3v) is 5.23. The molecule has 3 N–H and O–H groups in total. The number of alkyl halides is 3. The zero-order valence-electron chi connectivity index (χ0n) is 20.2. The van der Waals surface area contributed by atoms with Crippen molar-refractivity contribution in [2.24, 2.45) is 0 Å². The van der Waals surface area contributed by atoms with E-state index in [4.69, 9.17) is 24.6 Å². The van der Waals surface area contributed by atoms with Crippen LogP contribution in [0.2, 0.25) is 0 Å². The number of anilines is 2. The summed E-state index contributed by atoms with van der Waals surface area (Å²) in [4.78, 5) is 29.8. The second-order valence-corrected chi connectivity index (χ2v) is 7.91. The van der Waals surface area contributed by atoms with Crippen LogP contribution in [0.1, 0.15) is 0 Å². The maximum atomic E-state index is 11.4. The average molecular weight is 539 g/mol. The number of para-hydroxylation sites is 1. The molecule has 5 rings (SSSR count). The monoisotopic (exact) mass is 539 g/mol. The molecule has 0 saturated carbocycles. The minimum Gasteiger partial charge on any atom is -0.482 e. The molecule has 0 aliphatic rings. The van der Waals surface area contributed by atoms with Crippen LogP contribution in [-0.2, 0) is 14.3 Å². The number of carbonyl (C=O) groups excluding carboxylic acids is 1. The molecule has 0 radical (unpaired) electrons. The molecule has 39 heavy (non-hydrogen) atoms. The SMILES string of the molecule is COC(=O)COc1cccc(-c2nc(Nc3ccc4[nH]ncc4c3)c3ccccc3n2)c1.O=C(O)C(F)(F)F. The van der Waals surface area contributed by atoms with Gasteiger partial charge in [0.1, 0.15) is 11.6 Å². The number of ether oxygens (including phenoxy) is 2. The molecule has 0 atom stereocenters. The van der Waals surface area contributed by atoms with Crippen LogP contribution >= 0.6 is 0 Å². The van der Waals surface area contributed by atoms with Gasteiger partial charge in [-0.2, -0.15) is 18.3 Å². The van der Waals surface area contributed by atoms with Crippen LogP contribution in [0.4, 0.5) is 24.7 Å². The first kappa shape index (κ1) is 26.9. The van der Waals surface area contributed by atoms with Gasteiger partial charge in [0.25, 0.3) is 0 Å². The number of hydrogen-bond donors (Lipinski definition) is 3. The first-order valence-corrected chi connectivity index (χ1v) is 11.2. The van der Waals surface area contributed by atoms with E-state index in [9.17, 15) is 18.0 Å². The van der Waals surface area contributed by atoms with Crippen LogP contribution in [0.25, 0.3) is 33.2 Å². The van der Waals surface area contributed by atoms with Gasteiger partial charge in [-0.05, 0) is 42.5 Å². The van der Waals surface area contributed by atoms with Crippen molar-refractivity contribution in [3.63, 3.8) is 0 Å². The number of methoxy groups -OCH3 is 1. The molecule has 0 amide bonds. The summed E-state index contributed by atoms with van der Waals surface area (Å²) in [6, 6.07) is 21.1. The van der Waals surface area contributed by atoms with E-state index >= 15 is 0 Å². The number of fused-ring (bicyclic) bond motifs is 2. The van der Waals surface area contributed by atoms with Crippen LogP contribution < -0.4 is 10.1 Å². The molecule has 200 valence electrons. The Hall–Kier alpha value is -5.20. The van der Waals surface area contributed by atoms with Gasteiger partial charge in [0, 0.05) is 22.0 Å². The van der Waals surface area contributed by atoms with Gasteiger partial charge in [0.05, 0.1) is 24.3 Å². The van der Waals surface area contributed by atoms with Crippen LogP contribution in [0.5, 0.6) is 5.75 Å².